The molecule has 132 valence electrons. The lowest BCUT2D eigenvalue weighted by molar-refractivity contribution is 0.215. The van der Waals surface area contributed by atoms with Gasteiger partial charge in [0.25, 0.3) is 5.88 Å². The third-order valence-electron chi connectivity index (χ3n) is 3.12. The normalized spacial score (nSPS) is 11.6. The van der Waals surface area contributed by atoms with Crippen LogP contribution in [-0.2, 0) is 0 Å². The number of carbonyl (C=O) groups is 1. The summed E-state index contributed by atoms with van der Waals surface area (Å²) in [6.07, 6.45) is 4.91. The summed E-state index contributed by atoms with van der Waals surface area (Å²) in [7, 11) is 0. The molecule has 0 spiro atoms. The Kier molecular flexibility index (Phi) is 6.65. The molecule has 0 atom stereocenters. The number of nitrogens with zero attached hydrogens (tertiary/aromatic N) is 2. The summed E-state index contributed by atoms with van der Waals surface area (Å²) >= 11 is 6.31. The fourth-order valence-corrected chi connectivity index (χ4v) is 2.21. The van der Waals surface area contributed by atoms with Crippen molar-refractivity contribution in [1.29, 1.82) is 0 Å². The maximum Gasteiger partial charge on any atom is 0.418 e. The molecule has 0 aliphatic carbocycles. The summed E-state index contributed by atoms with van der Waals surface area (Å²) in [5, 5.41) is 7.14. The van der Waals surface area contributed by atoms with Gasteiger partial charge in [-0.3, -0.25) is 5.32 Å². The molecule has 1 heterocycles. The van der Waals surface area contributed by atoms with E-state index in [0.29, 0.717) is 12.4 Å². The highest BCUT2D eigenvalue weighted by Crippen LogP contribution is 2.34. The molecule has 7 heteroatoms. The molecule has 0 saturated heterocycles. The Balaban J connectivity index is 2.29. The molecule has 25 heavy (non-hydrogen) atoms. The number of benzene rings is 1. The van der Waals surface area contributed by atoms with E-state index < -0.39 is 6.09 Å². The number of para-hydroxylation sites is 1. The average Bonchev–Trinajstić information content (AvgIpc) is 2.90. The minimum Gasteiger partial charge on any atom is -0.476 e. The van der Waals surface area contributed by atoms with E-state index in [0.717, 1.165) is 5.70 Å². The van der Waals surface area contributed by atoms with E-state index >= 15 is 0 Å². The SMILES string of the molecule is C/C=C\C=C(/C)n1nc(OCC)c(Cl)c1NC(=O)Oc1ccccc1. The number of aromatic nitrogens is 2. The molecule has 2 rings (SSSR count). The van der Waals surface area contributed by atoms with Crippen LogP contribution < -0.4 is 14.8 Å². The van der Waals surface area contributed by atoms with Gasteiger partial charge in [-0.15, -0.1) is 5.10 Å². The minimum atomic E-state index is -0.670. The van der Waals surface area contributed by atoms with Crippen molar-refractivity contribution in [3.8, 4) is 11.6 Å². The third-order valence-corrected chi connectivity index (χ3v) is 3.46. The van der Waals surface area contributed by atoms with E-state index in [4.69, 9.17) is 21.1 Å². The van der Waals surface area contributed by atoms with Crippen LogP contribution in [0.3, 0.4) is 0 Å². The van der Waals surface area contributed by atoms with Crippen molar-refractivity contribution < 1.29 is 14.3 Å². The lowest BCUT2D eigenvalue weighted by atomic mass is 10.3. The van der Waals surface area contributed by atoms with E-state index in [1.54, 1.807) is 24.3 Å². The van der Waals surface area contributed by atoms with Gasteiger partial charge in [0.1, 0.15) is 10.8 Å². The van der Waals surface area contributed by atoms with Crippen molar-refractivity contribution in [1.82, 2.24) is 9.78 Å². The first-order valence-corrected chi connectivity index (χ1v) is 8.19. The number of halogens is 1. The third kappa shape index (κ3) is 4.87. The van der Waals surface area contributed by atoms with Gasteiger partial charge in [-0.25, -0.2) is 9.48 Å². The molecular formula is C18H20ClN3O3. The number of rotatable bonds is 6. The summed E-state index contributed by atoms with van der Waals surface area (Å²) in [4.78, 5) is 12.2. The number of allylic oxidation sites excluding steroid dienone is 4. The van der Waals surface area contributed by atoms with E-state index in [9.17, 15) is 4.79 Å². The summed E-state index contributed by atoms with van der Waals surface area (Å²) in [6.45, 7) is 5.98. The van der Waals surface area contributed by atoms with Crippen molar-refractivity contribution in [2.75, 3.05) is 11.9 Å². The van der Waals surface area contributed by atoms with Gasteiger partial charge in [-0.1, -0.05) is 42.0 Å². The highest BCUT2D eigenvalue weighted by Gasteiger charge is 2.21. The number of amides is 1. The van der Waals surface area contributed by atoms with Crippen LogP contribution in [0, 0.1) is 0 Å². The fraction of sp³-hybridized carbons (Fsp3) is 0.222. The van der Waals surface area contributed by atoms with Crippen LogP contribution in [-0.4, -0.2) is 22.5 Å². The van der Waals surface area contributed by atoms with E-state index in [-0.39, 0.29) is 16.7 Å². The molecule has 1 N–H and O–H groups in total. The lowest BCUT2D eigenvalue weighted by Crippen LogP contribution is -2.19. The minimum absolute atomic E-state index is 0.208. The Morgan fingerprint density at radius 1 is 1.36 bits per heavy atom. The van der Waals surface area contributed by atoms with Crippen molar-refractivity contribution in [2.45, 2.75) is 20.8 Å². The second-order valence-corrected chi connectivity index (χ2v) is 5.35. The van der Waals surface area contributed by atoms with Crippen LogP contribution in [0.5, 0.6) is 11.6 Å². The van der Waals surface area contributed by atoms with Gasteiger partial charge in [0, 0.05) is 5.70 Å². The van der Waals surface area contributed by atoms with E-state index in [2.05, 4.69) is 10.4 Å². The highest BCUT2D eigenvalue weighted by molar-refractivity contribution is 6.34. The van der Waals surface area contributed by atoms with Gasteiger partial charge in [0.05, 0.1) is 6.61 Å². The smallest absolute Gasteiger partial charge is 0.418 e. The van der Waals surface area contributed by atoms with Crippen LogP contribution in [0.2, 0.25) is 5.02 Å². The van der Waals surface area contributed by atoms with Gasteiger partial charge in [-0.05, 0) is 39.0 Å². The molecule has 0 unspecified atom stereocenters. The zero-order chi connectivity index (χ0) is 18.2. The van der Waals surface area contributed by atoms with Crippen LogP contribution in [0.15, 0.2) is 48.6 Å². The zero-order valence-electron chi connectivity index (χ0n) is 14.3. The average molecular weight is 362 g/mol. The molecule has 1 aromatic carbocycles. The van der Waals surface area contributed by atoms with Crippen LogP contribution in [0.4, 0.5) is 10.6 Å². The summed E-state index contributed by atoms with van der Waals surface area (Å²) in [6, 6.07) is 8.75. The molecule has 6 nitrogen and oxygen atoms in total. The van der Waals surface area contributed by atoms with Gasteiger partial charge in [-0.2, -0.15) is 0 Å². The monoisotopic (exact) mass is 361 g/mol. The molecule has 0 aliphatic rings. The first-order valence-electron chi connectivity index (χ1n) is 7.82. The predicted molar refractivity (Wildman–Crippen MR) is 99.3 cm³/mol. The first-order chi connectivity index (χ1) is 12.1. The Hall–Kier alpha value is -2.73. The largest absolute Gasteiger partial charge is 0.476 e. The quantitative estimate of drug-likeness (QED) is 0.736. The van der Waals surface area contributed by atoms with Crippen LogP contribution in [0.1, 0.15) is 20.8 Å². The number of anilines is 1. The highest BCUT2D eigenvalue weighted by atomic mass is 35.5. The zero-order valence-corrected chi connectivity index (χ0v) is 15.1. The standard InChI is InChI=1S/C18H20ClN3O3/c1-4-6-10-13(3)22-16(15(19)17(21-22)24-5-2)20-18(23)25-14-11-8-7-9-12-14/h4,6-12H,5H2,1-3H3,(H,20,23)/b6-4-,13-10+. The van der Waals surface area contributed by atoms with Crippen LogP contribution >= 0.6 is 11.6 Å². The number of nitrogens with one attached hydrogen (secondary N) is 1. The molecule has 0 bridgehead atoms. The second kappa shape index (κ2) is 8.94. The molecule has 0 fully saturated rings. The topological polar surface area (TPSA) is 65.4 Å². The molecule has 1 amide bonds. The number of ether oxygens (including phenoxy) is 2. The molecule has 1 aromatic heterocycles. The lowest BCUT2D eigenvalue weighted by Gasteiger charge is -2.09. The summed E-state index contributed by atoms with van der Waals surface area (Å²) in [5.41, 5.74) is 0.751. The Morgan fingerprint density at radius 2 is 2.08 bits per heavy atom. The fourth-order valence-electron chi connectivity index (χ4n) is 1.99. The van der Waals surface area contributed by atoms with Crippen molar-refractivity contribution in [3.05, 3.63) is 53.6 Å². The van der Waals surface area contributed by atoms with Crippen molar-refractivity contribution in [3.63, 3.8) is 0 Å². The Bertz CT molecular complexity index is 782. The van der Waals surface area contributed by atoms with Gasteiger partial charge < -0.3 is 9.47 Å². The maximum absolute atomic E-state index is 12.2. The van der Waals surface area contributed by atoms with E-state index in [1.807, 2.05) is 45.1 Å². The maximum atomic E-state index is 12.2. The van der Waals surface area contributed by atoms with Gasteiger partial charge >= 0.3 is 6.09 Å². The second-order valence-electron chi connectivity index (χ2n) is 4.97. The number of hydrogen-bond donors (Lipinski definition) is 1. The van der Waals surface area contributed by atoms with Gasteiger partial charge in [0.2, 0.25) is 0 Å². The molecule has 0 aliphatic heterocycles. The first kappa shape index (κ1) is 18.6. The van der Waals surface area contributed by atoms with Crippen LogP contribution in [0.25, 0.3) is 5.70 Å². The summed E-state index contributed by atoms with van der Waals surface area (Å²) in [5.74, 6) is 0.949. The molecule has 0 saturated carbocycles. The molecule has 2 aromatic rings. The molecular weight excluding hydrogens is 342 g/mol. The number of carbonyl (C=O) groups excluding carboxylic acids is 1. The Labute approximate surface area is 151 Å². The van der Waals surface area contributed by atoms with Gasteiger partial charge in [0.15, 0.2) is 5.82 Å². The van der Waals surface area contributed by atoms with Crippen molar-refractivity contribution in [2.24, 2.45) is 0 Å². The van der Waals surface area contributed by atoms with E-state index in [1.165, 1.54) is 4.68 Å². The number of hydrogen-bond acceptors (Lipinski definition) is 4. The van der Waals surface area contributed by atoms with Crippen molar-refractivity contribution >= 4 is 29.2 Å². The predicted octanol–water partition coefficient (Wildman–Crippen LogP) is 4.98. The molecule has 0 radical (unpaired) electrons. The Morgan fingerprint density at radius 3 is 2.72 bits per heavy atom. The summed E-state index contributed by atoms with van der Waals surface area (Å²) < 4.78 is 12.1.